The van der Waals surface area contributed by atoms with Gasteiger partial charge in [-0.25, -0.2) is 9.18 Å². The Bertz CT molecular complexity index is 593. The lowest BCUT2D eigenvalue weighted by molar-refractivity contribution is -0.134. The van der Waals surface area contributed by atoms with E-state index in [0.717, 1.165) is 6.42 Å². The summed E-state index contributed by atoms with van der Waals surface area (Å²) >= 11 is 5.71. The molecule has 0 bridgehead atoms. The first-order valence-corrected chi connectivity index (χ1v) is 8.17. The van der Waals surface area contributed by atoms with Crippen LogP contribution >= 0.6 is 11.6 Å². The number of amides is 3. The fourth-order valence-electron chi connectivity index (χ4n) is 2.80. The van der Waals surface area contributed by atoms with E-state index in [1.807, 2.05) is 13.8 Å². The Labute approximate surface area is 140 Å². The normalized spacial score (nSPS) is 17.2. The first-order chi connectivity index (χ1) is 11.0. The van der Waals surface area contributed by atoms with Crippen molar-refractivity contribution in [3.63, 3.8) is 0 Å². The third-order valence-electron chi connectivity index (χ3n) is 4.07. The number of nitrogens with zero attached hydrogens (tertiary/aromatic N) is 2. The summed E-state index contributed by atoms with van der Waals surface area (Å²) in [5.41, 5.74) is 0.0171. The molecule has 0 radical (unpaired) electrons. The second-order valence-electron chi connectivity index (χ2n) is 5.39. The molecule has 0 spiro atoms. The zero-order chi connectivity index (χ0) is 17.0. The molecule has 1 fully saturated rings. The molecule has 23 heavy (non-hydrogen) atoms. The van der Waals surface area contributed by atoms with Crippen LogP contribution in [0.1, 0.15) is 26.7 Å². The first-order valence-electron chi connectivity index (χ1n) is 7.80. The zero-order valence-corrected chi connectivity index (χ0v) is 14.1. The molecule has 126 valence electrons. The lowest BCUT2D eigenvalue weighted by atomic mass is 10.2. The van der Waals surface area contributed by atoms with Gasteiger partial charge in [-0.05, 0) is 38.8 Å². The van der Waals surface area contributed by atoms with Crippen molar-refractivity contribution in [2.45, 2.75) is 32.7 Å². The van der Waals surface area contributed by atoms with Crippen LogP contribution in [-0.4, -0.2) is 47.4 Å². The van der Waals surface area contributed by atoms with Crippen LogP contribution in [-0.2, 0) is 4.79 Å². The number of halogens is 2. The number of anilines is 1. The van der Waals surface area contributed by atoms with Gasteiger partial charge in [0, 0.05) is 19.6 Å². The number of urea groups is 1. The summed E-state index contributed by atoms with van der Waals surface area (Å²) in [6, 6.07) is 3.45. The van der Waals surface area contributed by atoms with Gasteiger partial charge in [-0.15, -0.1) is 0 Å². The van der Waals surface area contributed by atoms with Crippen molar-refractivity contribution in [3.05, 3.63) is 29.0 Å². The maximum Gasteiger partial charge on any atom is 0.322 e. The van der Waals surface area contributed by atoms with Gasteiger partial charge < -0.3 is 15.1 Å². The number of benzene rings is 1. The Morgan fingerprint density at radius 3 is 2.74 bits per heavy atom. The molecule has 0 aliphatic carbocycles. The lowest BCUT2D eigenvalue weighted by Gasteiger charge is -2.29. The molecule has 1 aromatic rings. The Hall–Kier alpha value is -1.82. The SMILES string of the molecule is CCN(CC)C(=O)[C@@H]1CCCN1C(=O)Nc1cccc(Cl)c1F. The molecule has 1 aliphatic heterocycles. The molecule has 2 rings (SSSR count). The van der Waals surface area contributed by atoms with Gasteiger partial charge in [0.1, 0.15) is 6.04 Å². The smallest absolute Gasteiger partial charge is 0.322 e. The van der Waals surface area contributed by atoms with Crippen molar-refractivity contribution < 1.29 is 14.0 Å². The molecule has 1 heterocycles. The molecule has 3 amide bonds. The predicted octanol–water partition coefficient (Wildman–Crippen LogP) is 3.34. The summed E-state index contributed by atoms with van der Waals surface area (Å²) in [5, 5.41) is 2.45. The Balaban J connectivity index is 2.11. The Kier molecular flexibility index (Phi) is 5.82. The Morgan fingerprint density at radius 1 is 1.39 bits per heavy atom. The number of rotatable bonds is 4. The highest BCUT2D eigenvalue weighted by Crippen LogP contribution is 2.24. The average Bonchev–Trinajstić information content (AvgIpc) is 3.02. The fraction of sp³-hybridized carbons (Fsp3) is 0.500. The quantitative estimate of drug-likeness (QED) is 0.913. The van der Waals surface area contributed by atoms with Crippen LogP contribution in [0.25, 0.3) is 0 Å². The third-order valence-corrected chi connectivity index (χ3v) is 4.36. The molecule has 0 unspecified atom stereocenters. The second-order valence-corrected chi connectivity index (χ2v) is 5.80. The van der Waals surface area contributed by atoms with Crippen molar-refractivity contribution in [2.24, 2.45) is 0 Å². The van der Waals surface area contributed by atoms with Gasteiger partial charge in [0.15, 0.2) is 5.82 Å². The largest absolute Gasteiger partial charge is 0.341 e. The van der Waals surface area contributed by atoms with Crippen LogP contribution in [0.4, 0.5) is 14.9 Å². The van der Waals surface area contributed by atoms with Crippen molar-refractivity contribution in [1.29, 1.82) is 0 Å². The van der Waals surface area contributed by atoms with Crippen LogP contribution < -0.4 is 5.32 Å². The standard InChI is InChI=1S/C16H21ClFN3O2/c1-3-20(4-2)15(22)13-9-6-10-21(13)16(23)19-12-8-5-7-11(17)14(12)18/h5,7-8,13H,3-4,6,9-10H2,1-2H3,(H,19,23)/t13-/m0/s1. The molecule has 0 saturated carbocycles. The van der Waals surface area contributed by atoms with Gasteiger partial charge in [0.25, 0.3) is 0 Å². The van der Waals surface area contributed by atoms with E-state index in [1.165, 1.54) is 17.0 Å². The maximum atomic E-state index is 13.9. The second kappa shape index (κ2) is 7.64. The molecule has 1 N–H and O–H groups in total. The number of nitrogens with one attached hydrogen (secondary N) is 1. The summed E-state index contributed by atoms with van der Waals surface area (Å²) < 4.78 is 13.9. The summed E-state index contributed by atoms with van der Waals surface area (Å²) in [6.45, 7) is 5.49. The molecule has 1 saturated heterocycles. The van der Waals surface area contributed by atoms with Crippen molar-refractivity contribution >= 4 is 29.2 Å². The van der Waals surface area contributed by atoms with E-state index in [-0.39, 0.29) is 16.6 Å². The van der Waals surface area contributed by atoms with Crippen molar-refractivity contribution in [2.75, 3.05) is 25.0 Å². The van der Waals surface area contributed by atoms with E-state index in [0.29, 0.717) is 26.1 Å². The first kappa shape index (κ1) is 17.5. The number of likely N-dealkylation sites (N-methyl/N-ethyl adjacent to an activating group) is 1. The number of carbonyl (C=O) groups excluding carboxylic acids is 2. The molecule has 1 aromatic carbocycles. The summed E-state index contributed by atoms with van der Waals surface area (Å²) in [6.07, 6.45) is 1.38. The topological polar surface area (TPSA) is 52.7 Å². The van der Waals surface area contributed by atoms with E-state index in [2.05, 4.69) is 5.32 Å². The summed E-state index contributed by atoms with van der Waals surface area (Å²) in [5.74, 6) is -0.734. The lowest BCUT2D eigenvalue weighted by Crippen LogP contribution is -2.49. The van der Waals surface area contributed by atoms with E-state index in [1.54, 1.807) is 11.0 Å². The predicted molar refractivity (Wildman–Crippen MR) is 88.1 cm³/mol. The molecule has 5 nitrogen and oxygen atoms in total. The fourth-order valence-corrected chi connectivity index (χ4v) is 2.97. The molecule has 1 atom stereocenters. The van der Waals surface area contributed by atoms with Crippen LogP contribution in [0, 0.1) is 5.82 Å². The summed E-state index contributed by atoms with van der Waals surface area (Å²) in [4.78, 5) is 28.1. The van der Waals surface area contributed by atoms with Gasteiger partial charge in [0.05, 0.1) is 10.7 Å². The van der Waals surface area contributed by atoms with Crippen LogP contribution in [0.3, 0.4) is 0 Å². The van der Waals surface area contributed by atoms with Gasteiger partial charge in [0.2, 0.25) is 5.91 Å². The van der Waals surface area contributed by atoms with Crippen LogP contribution in [0.2, 0.25) is 5.02 Å². The molecular weight excluding hydrogens is 321 g/mol. The average molecular weight is 342 g/mol. The molecule has 0 aromatic heterocycles. The minimum atomic E-state index is -0.673. The number of hydrogen-bond acceptors (Lipinski definition) is 2. The zero-order valence-electron chi connectivity index (χ0n) is 13.3. The highest BCUT2D eigenvalue weighted by atomic mass is 35.5. The van der Waals surface area contributed by atoms with E-state index >= 15 is 0 Å². The van der Waals surface area contributed by atoms with Gasteiger partial charge in [-0.1, -0.05) is 17.7 Å². The van der Waals surface area contributed by atoms with Crippen molar-refractivity contribution in [1.82, 2.24) is 9.80 Å². The molecule has 7 heteroatoms. The van der Waals surface area contributed by atoms with E-state index in [4.69, 9.17) is 11.6 Å². The molecular formula is C16H21ClFN3O2. The minimum absolute atomic E-state index is 0.0171. The molecule has 1 aliphatic rings. The van der Waals surface area contributed by atoms with E-state index < -0.39 is 17.9 Å². The summed E-state index contributed by atoms with van der Waals surface area (Å²) in [7, 11) is 0. The number of hydrogen-bond donors (Lipinski definition) is 1. The van der Waals surface area contributed by atoms with Crippen molar-refractivity contribution in [3.8, 4) is 0 Å². The van der Waals surface area contributed by atoms with E-state index in [9.17, 15) is 14.0 Å². The van der Waals surface area contributed by atoms with Gasteiger partial charge in [-0.2, -0.15) is 0 Å². The minimum Gasteiger partial charge on any atom is -0.341 e. The highest BCUT2D eigenvalue weighted by Gasteiger charge is 2.36. The maximum absolute atomic E-state index is 13.9. The number of likely N-dealkylation sites (tertiary alicyclic amines) is 1. The Morgan fingerprint density at radius 2 is 2.09 bits per heavy atom. The van der Waals surface area contributed by atoms with Gasteiger partial charge in [-0.3, -0.25) is 4.79 Å². The number of carbonyl (C=O) groups is 2. The monoisotopic (exact) mass is 341 g/mol. The third kappa shape index (κ3) is 3.75. The van der Waals surface area contributed by atoms with Crippen LogP contribution in [0.15, 0.2) is 18.2 Å². The highest BCUT2D eigenvalue weighted by molar-refractivity contribution is 6.31. The van der Waals surface area contributed by atoms with Crippen LogP contribution in [0.5, 0.6) is 0 Å². The van der Waals surface area contributed by atoms with Gasteiger partial charge >= 0.3 is 6.03 Å².